The topological polar surface area (TPSA) is 17.1 Å². The van der Waals surface area contributed by atoms with E-state index < -0.39 is 0 Å². The number of Topliss-reactive ketones (excluding diaryl/α,β-unsaturated/α-hetero) is 1. The van der Waals surface area contributed by atoms with Gasteiger partial charge in [0.05, 0.1) is 0 Å². The van der Waals surface area contributed by atoms with Gasteiger partial charge in [-0.05, 0) is 31.1 Å². The molecule has 0 fully saturated rings. The number of rotatable bonds is 4. The summed E-state index contributed by atoms with van der Waals surface area (Å²) in [4.78, 5) is 11.7. The van der Waals surface area contributed by atoms with E-state index in [0.717, 1.165) is 12.8 Å². The summed E-state index contributed by atoms with van der Waals surface area (Å²) >= 11 is 0. The molecule has 0 spiro atoms. The van der Waals surface area contributed by atoms with Crippen LogP contribution in [0.15, 0.2) is 0 Å². The molecule has 0 radical (unpaired) electrons. The third-order valence-corrected chi connectivity index (χ3v) is 2.63. The minimum atomic E-state index is -0.133. The van der Waals surface area contributed by atoms with Crippen LogP contribution >= 0.6 is 0 Å². The summed E-state index contributed by atoms with van der Waals surface area (Å²) in [5, 5.41) is 0. The maximum atomic E-state index is 11.7. The second-order valence-electron chi connectivity index (χ2n) is 6.45. The van der Waals surface area contributed by atoms with E-state index in [9.17, 15) is 4.79 Å². The normalized spacial score (nSPS) is 16.9. The molecule has 0 aliphatic rings. The van der Waals surface area contributed by atoms with E-state index in [2.05, 4.69) is 41.5 Å². The third kappa shape index (κ3) is 4.78. The second kappa shape index (κ2) is 4.46. The summed E-state index contributed by atoms with van der Waals surface area (Å²) in [6.45, 7) is 14.8. The maximum absolute atomic E-state index is 11.7. The summed E-state index contributed by atoms with van der Waals surface area (Å²) in [7, 11) is 0. The lowest BCUT2D eigenvalue weighted by Gasteiger charge is -2.35. The van der Waals surface area contributed by atoms with Gasteiger partial charge in [-0.25, -0.2) is 0 Å². The van der Waals surface area contributed by atoms with Crippen molar-refractivity contribution in [2.45, 2.75) is 61.3 Å². The molecule has 84 valence electrons. The fourth-order valence-corrected chi connectivity index (χ4v) is 2.41. The van der Waals surface area contributed by atoms with Gasteiger partial charge in [0.2, 0.25) is 0 Å². The molecule has 0 saturated heterocycles. The van der Waals surface area contributed by atoms with Gasteiger partial charge in [-0.15, -0.1) is 0 Å². The first-order valence-corrected chi connectivity index (χ1v) is 5.58. The minimum Gasteiger partial charge on any atom is -0.299 e. The van der Waals surface area contributed by atoms with Gasteiger partial charge in [0.1, 0.15) is 5.78 Å². The summed E-state index contributed by atoms with van der Waals surface area (Å²) in [5.74, 6) is 0.923. The molecular formula is C13H26O. The predicted molar refractivity (Wildman–Crippen MR) is 62.3 cm³/mol. The van der Waals surface area contributed by atoms with Crippen molar-refractivity contribution in [1.29, 1.82) is 0 Å². The zero-order valence-electron chi connectivity index (χ0n) is 10.9. The van der Waals surface area contributed by atoms with Crippen LogP contribution < -0.4 is 0 Å². The van der Waals surface area contributed by atoms with E-state index in [1.165, 1.54) is 0 Å². The number of carbonyl (C=O) groups excluding carboxylic acids is 1. The number of ketones is 1. The lowest BCUT2D eigenvalue weighted by atomic mass is 9.69. The molecule has 0 bridgehead atoms. The number of hydrogen-bond acceptors (Lipinski definition) is 1. The Morgan fingerprint density at radius 2 is 1.57 bits per heavy atom. The van der Waals surface area contributed by atoms with E-state index >= 15 is 0 Å². The molecule has 0 aliphatic heterocycles. The first kappa shape index (κ1) is 13.7. The quantitative estimate of drug-likeness (QED) is 0.665. The fraction of sp³-hybridized carbons (Fsp3) is 0.923. The van der Waals surface area contributed by atoms with Crippen LogP contribution in [0.25, 0.3) is 0 Å². The van der Waals surface area contributed by atoms with Crippen LogP contribution in [0.2, 0.25) is 0 Å². The van der Waals surface area contributed by atoms with Crippen molar-refractivity contribution < 1.29 is 4.79 Å². The van der Waals surface area contributed by atoms with Crippen molar-refractivity contribution in [3.05, 3.63) is 0 Å². The molecule has 0 aromatic heterocycles. The van der Waals surface area contributed by atoms with Crippen LogP contribution in [-0.2, 0) is 4.79 Å². The molecule has 0 heterocycles. The van der Waals surface area contributed by atoms with Crippen molar-refractivity contribution in [3.8, 4) is 0 Å². The van der Waals surface area contributed by atoms with E-state index in [-0.39, 0.29) is 10.8 Å². The molecule has 1 atom stereocenters. The predicted octanol–water partition coefficient (Wildman–Crippen LogP) is 4.06. The van der Waals surface area contributed by atoms with E-state index in [0.29, 0.717) is 11.7 Å². The Kier molecular flexibility index (Phi) is 4.35. The Morgan fingerprint density at radius 3 is 1.79 bits per heavy atom. The molecular weight excluding hydrogens is 172 g/mol. The largest absolute Gasteiger partial charge is 0.299 e. The van der Waals surface area contributed by atoms with Crippen LogP contribution in [0.3, 0.4) is 0 Å². The molecule has 0 saturated carbocycles. The zero-order chi connectivity index (χ0) is 11.6. The van der Waals surface area contributed by atoms with Gasteiger partial charge in [0.15, 0.2) is 0 Å². The second-order valence-corrected chi connectivity index (χ2v) is 6.45. The van der Waals surface area contributed by atoms with E-state index in [4.69, 9.17) is 0 Å². The van der Waals surface area contributed by atoms with Gasteiger partial charge >= 0.3 is 0 Å². The monoisotopic (exact) mass is 198 g/mol. The Labute approximate surface area is 89.3 Å². The maximum Gasteiger partial charge on any atom is 0.135 e. The van der Waals surface area contributed by atoms with Gasteiger partial charge in [-0.2, -0.15) is 0 Å². The van der Waals surface area contributed by atoms with Crippen LogP contribution in [0.1, 0.15) is 61.3 Å². The highest BCUT2D eigenvalue weighted by Crippen LogP contribution is 2.38. The first-order valence-electron chi connectivity index (χ1n) is 5.58. The summed E-state index contributed by atoms with van der Waals surface area (Å²) in [6.07, 6.45) is 1.98. The fourth-order valence-electron chi connectivity index (χ4n) is 2.41. The van der Waals surface area contributed by atoms with Crippen molar-refractivity contribution in [1.82, 2.24) is 0 Å². The Morgan fingerprint density at radius 1 is 1.14 bits per heavy atom. The first-order chi connectivity index (χ1) is 6.07. The molecule has 0 aromatic carbocycles. The van der Waals surface area contributed by atoms with E-state index in [1.54, 1.807) is 6.92 Å². The lowest BCUT2D eigenvalue weighted by molar-refractivity contribution is -0.128. The third-order valence-electron chi connectivity index (χ3n) is 2.63. The van der Waals surface area contributed by atoms with Crippen LogP contribution in [-0.4, -0.2) is 5.78 Å². The van der Waals surface area contributed by atoms with Crippen molar-refractivity contribution in [3.63, 3.8) is 0 Å². The van der Waals surface area contributed by atoms with Crippen molar-refractivity contribution in [2.75, 3.05) is 0 Å². The minimum absolute atomic E-state index is 0.133. The van der Waals surface area contributed by atoms with Gasteiger partial charge in [0, 0.05) is 5.41 Å². The molecule has 14 heavy (non-hydrogen) atoms. The molecule has 0 N–H and O–H groups in total. The van der Waals surface area contributed by atoms with Gasteiger partial charge < -0.3 is 0 Å². The van der Waals surface area contributed by atoms with Crippen molar-refractivity contribution >= 4 is 5.78 Å². The smallest absolute Gasteiger partial charge is 0.135 e. The Bertz CT molecular complexity index is 198. The van der Waals surface area contributed by atoms with Crippen molar-refractivity contribution in [2.24, 2.45) is 16.7 Å². The highest BCUT2D eigenvalue weighted by molar-refractivity contribution is 5.81. The van der Waals surface area contributed by atoms with Crippen LogP contribution in [0, 0.1) is 16.7 Å². The molecule has 0 aromatic rings. The SMILES string of the molecule is CC(=O)C(C)(CC(C)C)CC(C)(C)C. The lowest BCUT2D eigenvalue weighted by Crippen LogP contribution is -2.32. The molecule has 0 rings (SSSR count). The number of carbonyl (C=O) groups is 1. The van der Waals surface area contributed by atoms with Gasteiger partial charge in [0.25, 0.3) is 0 Å². The number of hydrogen-bond donors (Lipinski definition) is 0. The average molecular weight is 198 g/mol. The van der Waals surface area contributed by atoms with Crippen LogP contribution in [0.4, 0.5) is 0 Å². The molecule has 0 amide bonds. The standard InChI is InChI=1S/C13H26O/c1-10(2)8-13(7,11(3)14)9-12(4,5)6/h10H,8-9H2,1-7H3. The molecule has 1 heteroatoms. The zero-order valence-corrected chi connectivity index (χ0v) is 10.9. The van der Waals surface area contributed by atoms with Gasteiger partial charge in [-0.3, -0.25) is 4.79 Å². The Balaban J connectivity index is 4.65. The molecule has 0 aliphatic carbocycles. The molecule has 1 unspecified atom stereocenters. The summed E-state index contributed by atoms with van der Waals surface area (Å²) < 4.78 is 0. The highest BCUT2D eigenvalue weighted by Gasteiger charge is 2.34. The summed E-state index contributed by atoms with van der Waals surface area (Å²) in [5.41, 5.74) is 0.0989. The molecule has 1 nitrogen and oxygen atoms in total. The van der Waals surface area contributed by atoms with Gasteiger partial charge in [-0.1, -0.05) is 41.5 Å². The Hall–Kier alpha value is -0.330. The van der Waals surface area contributed by atoms with Crippen LogP contribution in [0.5, 0.6) is 0 Å². The summed E-state index contributed by atoms with van der Waals surface area (Å²) in [6, 6.07) is 0. The van der Waals surface area contributed by atoms with E-state index in [1.807, 2.05) is 0 Å². The highest BCUT2D eigenvalue weighted by atomic mass is 16.1. The average Bonchev–Trinajstić information content (AvgIpc) is 1.79.